The molecule has 4 heteroatoms. The van der Waals surface area contributed by atoms with Crippen molar-refractivity contribution in [2.75, 3.05) is 12.4 Å². The minimum absolute atomic E-state index is 0.610. The molecule has 1 aromatic rings. The topological polar surface area (TPSA) is 35.9 Å². The molecule has 0 bridgehead atoms. The molecule has 0 saturated heterocycles. The zero-order valence-corrected chi connectivity index (χ0v) is 8.83. The Balaban J connectivity index is 3.35. The average molecular weight is 248 g/mol. The Kier molecular flexibility index (Phi) is 3.12. The summed E-state index contributed by atoms with van der Waals surface area (Å²) in [5.74, 6) is 0. The molecular weight excluding hydrogens is 239 g/mol. The number of nitrogens with one attached hydrogen (secondary N) is 2. The van der Waals surface area contributed by atoms with Gasteiger partial charge in [0.2, 0.25) is 0 Å². The maximum atomic E-state index is 7.12. The molecule has 0 radical (unpaired) electrons. The number of rotatable bonds is 2. The summed E-state index contributed by atoms with van der Waals surface area (Å²) in [7, 11) is 1.78. The van der Waals surface area contributed by atoms with E-state index in [-0.39, 0.29) is 0 Å². The first-order valence-electron chi connectivity index (χ1n) is 3.37. The van der Waals surface area contributed by atoms with Gasteiger partial charge in [0.1, 0.15) is 0 Å². The molecule has 0 saturated carbocycles. The van der Waals surface area contributed by atoms with Gasteiger partial charge < -0.3 is 10.7 Å². The van der Waals surface area contributed by atoms with Gasteiger partial charge in [0.25, 0.3) is 0 Å². The highest BCUT2D eigenvalue weighted by molar-refractivity contribution is 9.10. The summed E-state index contributed by atoms with van der Waals surface area (Å²) in [5, 5.41) is 10.7. The number of hydrogen-bond donors (Lipinski definition) is 2. The summed E-state index contributed by atoms with van der Waals surface area (Å²) >= 11 is 9.27. The van der Waals surface area contributed by atoms with Crippen LogP contribution < -0.4 is 5.32 Å². The third kappa shape index (κ3) is 1.62. The molecule has 0 aliphatic rings. The minimum atomic E-state index is 0.610. The molecule has 2 N–H and O–H groups in total. The predicted molar refractivity (Wildman–Crippen MR) is 56.6 cm³/mol. The summed E-state index contributed by atoms with van der Waals surface area (Å²) in [5.41, 5.74) is 1.56. The van der Waals surface area contributed by atoms with Crippen LogP contribution in [0.3, 0.4) is 0 Å². The first-order valence-corrected chi connectivity index (χ1v) is 4.54. The molecule has 12 heavy (non-hydrogen) atoms. The van der Waals surface area contributed by atoms with E-state index in [9.17, 15) is 0 Å². The smallest absolute Gasteiger partial charge is 0.0786 e. The van der Waals surface area contributed by atoms with Crippen LogP contribution in [0.2, 0.25) is 5.02 Å². The van der Waals surface area contributed by atoms with E-state index in [1.54, 1.807) is 7.05 Å². The fraction of sp³-hybridized carbons (Fsp3) is 0.125. The van der Waals surface area contributed by atoms with E-state index in [0.29, 0.717) is 5.02 Å². The Bertz CT molecular complexity index is 312. The van der Waals surface area contributed by atoms with Crippen LogP contribution in [0.15, 0.2) is 16.6 Å². The Morgan fingerprint density at radius 1 is 1.58 bits per heavy atom. The second-order valence-corrected chi connectivity index (χ2v) is 3.45. The number of halogens is 2. The van der Waals surface area contributed by atoms with Crippen LogP contribution >= 0.6 is 27.5 Å². The van der Waals surface area contributed by atoms with Crippen LogP contribution in [0.5, 0.6) is 0 Å². The van der Waals surface area contributed by atoms with Crippen LogP contribution in [-0.2, 0) is 0 Å². The largest absolute Gasteiger partial charge is 0.386 e. The van der Waals surface area contributed by atoms with Crippen molar-refractivity contribution in [1.29, 1.82) is 5.41 Å². The molecule has 0 heterocycles. The normalized spacial score (nSPS) is 9.58. The molecule has 0 unspecified atom stereocenters. The van der Waals surface area contributed by atoms with Crippen molar-refractivity contribution in [2.24, 2.45) is 0 Å². The Morgan fingerprint density at radius 3 is 2.75 bits per heavy atom. The second-order valence-electron chi connectivity index (χ2n) is 2.22. The van der Waals surface area contributed by atoms with Crippen molar-refractivity contribution in [3.63, 3.8) is 0 Å². The lowest BCUT2D eigenvalue weighted by Gasteiger charge is -2.08. The van der Waals surface area contributed by atoms with Crippen LogP contribution in [-0.4, -0.2) is 13.3 Å². The van der Waals surface area contributed by atoms with Crippen LogP contribution in [0, 0.1) is 5.41 Å². The van der Waals surface area contributed by atoms with Gasteiger partial charge >= 0.3 is 0 Å². The molecule has 64 valence electrons. The van der Waals surface area contributed by atoms with Gasteiger partial charge in [-0.15, -0.1) is 0 Å². The Morgan fingerprint density at radius 2 is 2.25 bits per heavy atom. The maximum absolute atomic E-state index is 7.12. The van der Waals surface area contributed by atoms with Crippen molar-refractivity contribution in [3.8, 4) is 0 Å². The molecule has 0 amide bonds. The van der Waals surface area contributed by atoms with E-state index in [2.05, 4.69) is 21.2 Å². The fourth-order valence-corrected chi connectivity index (χ4v) is 1.54. The van der Waals surface area contributed by atoms with Crippen molar-refractivity contribution in [3.05, 3.63) is 27.2 Å². The molecule has 0 aliphatic carbocycles. The van der Waals surface area contributed by atoms with Gasteiger partial charge in [-0.25, -0.2) is 0 Å². The summed E-state index contributed by atoms with van der Waals surface area (Å²) in [6.45, 7) is 0. The Labute approximate surface area is 84.6 Å². The molecule has 0 fully saturated rings. The second kappa shape index (κ2) is 3.92. The highest BCUT2D eigenvalue weighted by Crippen LogP contribution is 2.32. The van der Waals surface area contributed by atoms with E-state index >= 15 is 0 Å². The monoisotopic (exact) mass is 246 g/mol. The summed E-state index contributed by atoms with van der Waals surface area (Å²) < 4.78 is 0.833. The number of anilines is 1. The van der Waals surface area contributed by atoms with Crippen molar-refractivity contribution < 1.29 is 0 Å². The van der Waals surface area contributed by atoms with Gasteiger partial charge in [0.05, 0.1) is 10.7 Å². The van der Waals surface area contributed by atoms with Crippen molar-refractivity contribution in [1.82, 2.24) is 0 Å². The molecule has 0 atom stereocenters. The van der Waals surface area contributed by atoms with Gasteiger partial charge in [0, 0.05) is 23.3 Å². The van der Waals surface area contributed by atoms with Gasteiger partial charge in [0.15, 0.2) is 0 Å². The number of hydrogen-bond acceptors (Lipinski definition) is 2. The van der Waals surface area contributed by atoms with Gasteiger partial charge in [-0.2, -0.15) is 0 Å². The minimum Gasteiger partial charge on any atom is -0.386 e. The highest BCUT2D eigenvalue weighted by Gasteiger charge is 2.06. The van der Waals surface area contributed by atoms with Crippen LogP contribution in [0.1, 0.15) is 5.56 Å². The zero-order valence-electron chi connectivity index (χ0n) is 6.49. The predicted octanol–water partition coefficient (Wildman–Crippen LogP) is 3.14. The van der Waals surface area contributed by atoms with Gasteiger partial charge in [-0.1, -0.05) is 17.7 Å². The third-order valence-corrected chi connectivity index (χ3v) is 2.81. The van der Waals surface area contributed by atoms with Crippen LogP contribution in [0.4, 0.5) is 5.69 Å². The lowest BCUT2D eigenvalue weighted by molar-refractivity contribution is 1.46. The maximum Gasteiger partial charge on any atom is 0.0786 e. The highest BCUT2D eigenvalue weighted by atomic mass is 79.9. The van der Waals surface area contributed by atoms with E-state index in [1.165, 1.54) is 6.21 Å². The molecule has 0 spiro atoms. The van der Waals surface area contributed by atoms with Crippen LogP contribution in [0.25, 0.3) is 0 Å². The first-order chi connectivity index (χ1) is 5.70. The zero-order chi connectivity index (χ0) is 9.14. The average Bonchev–Trinajstić information content (AvgIpc) is 2.09. The van der Waals surface area contributed by atoms with Crippen molar-refractivity contribution in [2.45, 2.75) is 0 Å². The Hall–Kier alpha value is -0.540. The van der Waals surface area contributed by atoms with E-state index < -0.39 is 0 Å². The quantitative estimate of drug-likeness (QED) is 0.774. The van der Waals surface area contributed by atoms with Gasteiger partial charge in [-0.3, -0.25) is 0 Å². The summed E-state index contributed by atoms with van der Waals surface area (Å²) in [6, 6.07) is 3.65. The SMILES string of the molecule is CNc1c(C=N)ccc(Br)c1Cl. The molecule has 0 aliphatic heterocycles. The fourth-order valence-electron chi connectivity index (χ4n) is 0.940. The van der Waals surface area contributed by atoms with E-state index in [0.717, 1.165) is 15.7 Å². The first kappa shape index (κ1) is 9.55. The molecule has 1 rings (SSSR count). The lowest BCUT2D eigenvalue weighted by atomic mass is 10.2. The van der Waals surface area contributed by atoms with E-state index in [4.69, 9.17) is 17.0 Å². The third-order valence-electron chi connectivity index (χ3n) is 1.53. The molecular formula is C8H8BrClN2. The standard InChI is InChI=1S/C8H8BrClN2/c1-12-8-5(4-11)2-3-6(9)7(8)10/h2-4,11-12H,1H3. The number of benzene rings is 1. The van der Waals surface area contributed by atoms with E-state index in [1.807, 2.05) is 12.1 Å². The summed E-state index contributed by atoms with van der Waals surface area (Å²) in [4.78, 5) is 0. The van der Waals surface area contributed by atoms with Gasteiger partial charge in [-0.05, 0) is 22.0 Å². The molecule has 1 aromatic carbocycles. The summed E-state index contributed by atoms with van der Waals surface area (Å²) in [6.07, 6.45) is 1.27. The lowest BCUT2D eigenvalue weighted by Crippen LogP contribution is -1.95. The van der Waals surface area contributed by atoms with Crippen molar-refractivity contribution >= 4 is 39.4 Å². The molecule has 2 nitrogen and oxygen atoms in total. The molecule has 0 aromatic heterocycles.